The minimum atomic E-state index is -1.83. The van der Waals surface area contributed by atoms with Crippen LogP contribution in [0.25, 0.3) is 0 Å². The number of ether oxygens (including phenoxy) is 5. The smallest absolute Gasteiger partial charge is 0.548 e. The second-order valence-electron chi connectivity index (χ2n) is 7.30. The Hall–Kier alpha value is 0.540. The molecule has 14 nitrogen and oxygen atoms in total. The van der Waals surface area contributed by atoms with Crippen molar-refractivity contribution in [1.82, 2.24) is 0 Å². The van der Waals surface area contributed by atoms with E-state index in [2.05, 4.69) is 0 Å². The molecule has 2 fully saturated rings. The molecule has 2 aliphatic rings. The van der Waals surface area contributed by atoms with Gasteiger partial charge in [-0.3, -0.25) is 0 Å². The molecule has 16 heteroatoms. The van der Waals surface area contributed by atoms with E-state index in [9.17, 15) is 45.3 Å². The Bertz CT molecular complexity index is 613. The van der Waals surface area contributed by atoms with Crippen LogP contribution in [0, 0.1) is 5.92 Å². The maximum Gasteiger partial charge on any atom is 1.00 e. The topological polar surface area (TPSA) is 228 Å². The van der Waals surface area contributed by atoms with Gasteiger partial charge in [0.25, 0.3) is 0 Å². The number of aliphatic hydroxyl groups excluding tert-OH is 5. The number of carboxylic acids is 2. The number of carbonyl (C=O) groups is 2. The summed E-state index contributed by atoms with van der Waals surface area (Å²) >= 11 is 0. The third kappa shape index (κ3) is 10.1. The van der Waals surface area contributed by atoms with Gasteiger partial charge in [-0.15, -0.1) is 0 Å². The number of rotatable bonds is 10. The molecule has 188 valence electrons. The van der Waals surface area contributed by atoms with Gasteiger partial charge in [0.2, 0.25) is 0 Å². The summed E-state index contributed by atoms with van der Waals surface area (Å²) in [5.41, 5.74) is 0. The maximum absolute atomic E-state index is 10.5. The molecule has 0 radical (unpaired) electrons. The molecule has 34 heavy (non-hydrogen) atoms. The minimum Gasteiger partial charge on any atom is -0.548 e. The summed E-state index contributed by atoms with van der Waals surface area (Å²) in [6, 6.07) is 0. The molecule has 0 aromatic rings. The second-order valence-corrected chi connectivity index (χ2v) is 7.30. The second kappa shape index (κ2) is 17.1. The SMILES string of the molecule is C.CC1C(COCC(=O)[O-])OC(OC2C(COCC(=O)[O-])OC(O)C(O)C2O)C(O)C1O.[Na+].[Na+]. The van der Waals surface area contributed by atoms with Crippen LogP contribution in [0.5, 0.6) is 0 Å². The molecule has 2 heterocycles. The van der Waals surface area contributed by atoms with Crippen LogP contribution in [-0.2, 0) is 33.3 Å². The van der Waals surface area contributed by atoms with Crippen molar-refractivity contribution in [2.24, 2.45) is 5.92 Å². The van der Waals surface area contributed by atoms with E-state index in [0.717, 1.165) is 0 Å². The molecule has 0 spiro atoms. The van der Waals surface area contributed by atoms with Crippen molar-refractivity contribution in [3.63, 3.8) is 0 Å². The van der Waals surface area contributed by atoms with E-state index < -0.39 is 93.0 Å². The largest absolute Gasteiger partial charge is 1.00 e. The van der Waals surface area contributed by atoms with Crippen LogP contribution in [0.2, 0.25) is 0 Å². The molecule has 0 aromatic carbocycles. The quantitative estimate of drug-likeness (QED) is 0.170. The van der Waals surface area contributed by atoms with Gasteiger partial charge in [-0.2, -0.15) is 0 Å². The minimum absolute atomic E-state index is 0. The van der Waals surface area contributed by atoms with Crippen LogP contribution in [0.1, 0.15) is 14.4 Å². The summed E-state index contributed by atoms with van der Waals surface area (Å²) in [4.78, 5) is 21.0. The maximum atomic E-state index is 10.5. The molecule has 2 saturated heterocycles. The van der Waals surface area contributed by atoms with E-state index in [4.69, 9.17) is 23.7 Å². The summed E-state index contributed by atoms with van der Waals surface area (Å²) in [5.74, 6) is -3.69. The fraction of sp³-hybridized carbons (Fsp3) is 0.889. The first-order valence-corrected chi connectivity index (χ1v) is 9.44. The van der Waals surface area contributed by atoms with Gasteiger partial charge >= 0.3 is 59.1 Å². The van der Waals surface area contributed by atoms with Gasteiger partial charge < -0.3 is 69.0 Å². The molecular formula is C18H30Na2O14. The van der Waals surface area contributed by atoms with Crippen molar-refractivity contribution in [3.8, 4) is 0 Å². The standard InChI is InChI=1S/C17H28O14.CH4.2Na/c1-6-7(2-27-4-9(18)19)30-17(14(25)11(6)22)31-15-8(3-28-5-10(20)21)29-16(26)13(24)12(15)23;;;/h6-8,11-17,22-26H,2-5H2,1H3,(H,18,19)(H,20,21);1H4;;/q;;2*+1/p-2. The van der Waals surface area contributed by atoms with E-state index in [1.54, 1.807) is 0 Å². The third-order valence-electron chi connectivity index (χ3n) is 5.02. The van der Waals surface area contributed by atoms with Crippen molar-refractivity contribution in [2.45, 2.75) is 69.7 Å². The van der Waals surface area contributed by atoms with Gasteiger partial charge in [0, 0.05) is 5.92 Å². The van der Waals surface area contributed by atoms with E-state index in [-0.39, 0.29) is 73.1 Å². The molecule has 0 amide bonds. The van der Waals surface area contributed by atoms with E-state index in [1.165, 1.54) is 6.92 Å². The average Bonchev–Trinajstić information content (AvgIpc) is 2.69. The first kappa shape index (κ1) is 36.7. The Morgan fingerprint density at radius 2 is 1.29 bits per heavy atom. The van der Waals surface area contributed by atoms with Crippen LogP contribution >= 0.6 is 0 Å². The predicted octanol–water partition coefficient (Wildman–Crippen LogP) is -11.9. The fourth-order valence-electron chi connectivity index (χ4n) is 3.27. The first-order chi connectivity index (χ1) is 14.5. The molecule has 2 rings (SSSR count). The monoisotopic (exact) mass is 516 g/mol. The molecule has 5 N–H and O–H groups in total. The molecule has 2 aliphatic heterocycles. The number of aliphatic carboxylic acids is 2. The van der Waals surface area contributed by atoms with Gasteiger partial charge in [-0.25, -0.2) is 0 Å². The number of carbonyl (C=O) groups excluding carboxylic acids is 2. The van der Waals surface area contributed by atoms with Crippen molar-refractivity contribution < 1.29 is 128 Å². The van der Waals surface area contributed by atoms with Crippen molar-refractivity contribution >= 4 is 11.9 Å². The van der Waals surface area contributed by atoms with Crippen LogP contribution in [0.3, 0.4) is 0 Å². The van der Waals surface area contributed by atoms with Gasteiger partial charge in [-0.05, 0) is 0 Å². The number of aliphatic hydroxyl groups is 5. The fourth-order valence-corrected chi connectivity index (χ4v) is 3.27. The summed E-state index contributed by atoms with van der Waals surface area (Å²) in [5, 5.41) is 71.5. The average molecular weight is 516 g/mol. The van der Waals surface area contributed by atoms with Crippen LogP contribution < -0.4 is 69.3 Å². The van der Waals surface area contributed by atoms with Gasteiger partial charge in [-0.1, -0.05) is 14.4 Å². The van der Waals surface area contributed by atoms with Crippen LogP contribution in [-0.4, -0.2) is 119 Å². The summed E-state index contributed by atoms with van der Waals surface area (Å²) < 4.78 is 25.9. The molecule has 0 bridgehead atoms. The predicted molar refractivity (Wildman–Crippen MR) is 96.0 cm³/mol. The molecule has 0 aliphatic carbocycles. The first-order valence-electron chi connectivity index (χ1n) is 9.44. The van der Waals surface area contributed by atoms with Gasteiger partial charge in [0.1, 0.15) is 30.5 Å². The number of hydrogen-bond acceptors (Lipinski definition) is 14. The normalized spacial score (nSPS) is 37.5. The zero-order valence-electron chi connectivity index (χ0n) is 18.5. The zero-order chi connectivity index (χ0) is 23.3. The van der Waals surface area contributed by atoms with Crippen molar-refractivity contribution in [3.05, 3.63) is 0 Å². The van der Waals surface area contributed by atoms with E-state index in [1.807, 2.05) is 0 Å². The van der Waals surface area contributed by atoms with Gasteiger partial charge in [0.05, 0.1) is 50.6 Å². The van der Waals surface area contributed by atoms with Crippen LogP contribution in [0.15, 0.2) is 0 Å². The number of carboxylic acid groups (broad SMARTS) is 2. The Morgan fingerprint density at radius 3 is 1.79 bits per heavy atom. The molecule has 0 aromatic heterocycles. The third-order valence-corrected chi connectivity index (χ3v) is 5.02. The Labute approximate surface area is 240 Å². The van der Waals surface area contributed by atoms with Crippen LogP contribution in [0.4, 0.5) is 0 Å². The van der Waals surface area contributed by atoms with E-state index >= 15 is 0 Å². The van der Waals surface area contributed by atoms with Crippen molar-refractivity contribution in [2.75, 3.05) is 26.4 Å². The van der Waals surface area contributed by atoms with Gasteiger partial charge in [0.15, 0.2) is 12.6 Å². The molecular weight excluding hydrogens is 486 g/mol. The Morgan fingerprint density at radius 1 is 0.794 bits per heavy atom. The summed E-state index contributed by atoms with van der Waals surface area (Å²) in [6.07, 6.45) is -13.7. The summed E-state index contributed by atoms with van der Waals surface area (Å²) in [7, 11) is 0. The zero-order valence-corrected chi connectivity index (χ0v) is 22.5. The van der Waals surface area contributed by atoms with E-state index in [0.29, 0.717) is 0 Å². The van der Waals surface area contributed by atoms with Crippen molar-refractivity contribution in [1.29, 1.82) is 0 Å². The molecule has 0 saturated carbocycles. The Kier molecular flexibility index (Phi) is 18.5. The Balaban J connectivity index is 0. The molecule has 10 unspecified atom stereocenters. The summed E-state index contributed by atoms with van der Waals surface area (Å²) in [6.45, 7) is -0.820. The molecule has 10 atom stereocenters. The number of hydrogen-bond donors (Lipinski definition) is 5.